The fraction of sp³-hybridized carbons (Fsp3) is 0.923. The van der Waals surface area contributed by atoms with Gasteiger partial charge in [-0.05, 0) is 12.8 Å². The van der Waals surface area contributed by atoms with Gasteiger partial charge in [-0.3, -0.25) is 0 Å². The summed E-state index contributed by atoms with van der Waals surface area (Å²) in [5, 5.41) is 2.82. The SMILES string of the molecule is CC.CC(C)[C@@H](C)NC(=O)OC1CCOCC1.[HH]. The number of carbonyl (C=O) groups excluding carboxylic acids is 1. The standard InChI is InChI=1S/C11H21NO3.C2H6.H2/c1-8(2)9(3)12-11(13)15-10-4-6-14-7-5-10;1-2;/h8-10H,4-7H2,1-3H3,(H,12,13);1-2H3;1H/t9-;;/m1../s1. The van der Waals surface area contributed by atoms with Crippen molar-refractivity contribution in [3.8, 4) is 0 Å². The highest BCUT2D eigenvalue weighted by Crippen LogP contribution is 2.11. The minimum Gasteiger partial charge on any atom is -0.446 e. The van der Waals surface area contributed by atoms with Crippen LogP contribution in [-0.2, 0) is 9.47 Å². The maximum absolute atomic E-state index is 11.5. The van der Waals surface area contributed by atoms with E-state index < -0.39 is 0 Å². The monoisotopic (exact) mass is 247 g/mol. The summed E-state index contributed by atoms with van der Waals surface area (Å²) in [6.07, 6.45) is 1.34. The van der Waals surface area contributed by atoms with E-state index in [9.17, 15) is 4.79 Å². The number of nitrogens with one attached hydrogen (secondary N) is 1. The average Bonchev–Trinajstić information content (AvgIpc) is 2.32. The number of ether oxygens (including phenoxy) is 2. The summed E-state index contributed by atoms with van der Waals surface area (Å²) in [6.45, 7) is 11.5. The van der Waals surface area contributed by atoms with E-state index in [-0.39, 0.29) is 19.7 Å². The molecule has 0 saturated carbocycles. The Balaban J connectivity index is 0. The van der Waals surface area contributed by atoms with Crippen LogP contribution in [0.25, 0.3) is 0 Å². The van der Waals surface area contributed by atoms with Crippen molar-refractivity contribution in [1.29, 1.82) is 0 Å². The van der Waals surface area contributed by atoms with Crippen molar-refractivity contribution in [1.82, 2.24) is 5.32 Å². The van der Waals surface area contributed by atoms with Crippen LogP contribution in [0.5, 0.6) is 0 Å². The number of hydrogen-bond acceptors (Lipinski definition) is 3. The lowest BCUT2D eigenvalue weighted by Gasteiger charge is -2.24. The van der Waals surface area contributed by atoms with Crippen LogP contribution in [0.2, 0.25) is 0 Å². The van der Waals surface area contributed by atoms with Crippen molar-refractivity contribution in [2.45, 2.75) is 59.6 Å². The van der Waals surface area contributed by atoms with Crippen LogP contribution < -0.4 is 5.32 Å². The van der Waals surface area contributed by atoms with Crippen molar-refractivity contribution < 1.29 is 15.7 Å². The maximum Gasteiger partial charge on any atom is 0.407 e. The molecule has 1 heterocycles. The van der Waals surface area contributed by atoms with E-state index in [1.54, 1.807) is 0 Å². The number of rotatable bonds is 3. The molecule has 1 fully saturated rings. The summed E-state index contributed by atoms with van der Waals surface area (Å²) < 4.78 is 10.5. The molecule has 0 aromatic rings. The lowest BCUT2D eigenvalue weighted by molar-refractivity contribution is 0.000558. The highest BCUT2D eigenvalue weighted by molar-refractivity contribution is 5.67. The number of carbonyl (C=O) groups is 1. The van der Waals surface area contributed by atoms with Crippen LogP contribution in [0, 0.1) is 5.92 Å². The molecule has 4 heteroatoms. The molecule has 1 saturated heterocycles. The molecule has 0 bridgehead atoms. The Labute approximate surface area is 107 Å². The van der Waals surface area contributed by atoms with Gasteiger partial charge in [0.1, 0.15) is 6.10 Å². The summed E-state index contributed by atoms with van der Waals surface area (Å²) >= 11 is 0. The fourth-order valence-electron chi connectivity index (χ4n) is 1.33. The van der Waals surface area contributed by atoms with Gasteiger partial charge in [0.25, 0.3) is 0 Å². The van der Waals surface area contributed by atoms with Gasteiger partial charge in [-0.25, -0.2) is 4.79 Å². The van der Waals surface area contributed by atoms with E-state index in [0.717, 1.165) is 12.8 Å². The molecule has 0 aromatic heterocycles. The topological polar surface area (TPSA) is 47.6 Å². The third kappa shape index (κ3) is 7.21. The number of alkyl carbamates (subject to hydrolysis) is 1. The first kappa shape index (κ1) is 16.2. The van der Waals surface area contributed by atoms with Gasteiger partial charge < -0.3 is 14.8 Å². The Morgan fingerprint density at radius 3 is 2.29 bits per heavy atom. The second kappa shape index (κ2) is 9.28. The first-order valence-corrected chi connectivity index (χ1v) is 6.64. The Morgan fingerprint density at radius 1 is 1.29 bits per heavy atom. The molecule has 0 aromatic carbocycles. The molecule has 1 rings (SSSR count). The quantitative estimate of drug-likeness (QED) is 0.833. The predicted octanol–water partition coefficient (Wildman–Crippen LogP) is 3.21. The van der Waals surface area contributed by atoms with E-state index in [1.807, 2.05) is 20.8 Å². The highest BCUT2D eigenvalue weighted by atomic mass is 16.6. The minimum atomic E-state index is -0.303. The Bertz CT molecular complexity index is 206. The molecule has 0 radical (unpaired) electrons. The van der Waals surface area contributed by atoms with Crippen LogP contribution >= 0.6 is 0 Å². The van der Waals surface area contributed by atoms with Crippen molar-refractivity contribution in [3.63, 3.8) is 0 Å². The van der Waals surface area contributed by atoms with E-state index in [4.69, 9.17) is 9.47 Å². The van der Waals surface area contributed by atoms with Crippen molar-refractivity contribution in [2.75, 3.05) is 13.2 Å². The molecular weight excluding hydrogens is 218 g/mol. The molecule has 0 unspecified atom stereocenters. The largest absolute Gasteiger partial charge is 0.446 e. The van der Waals surface area contributed by atoms with Crippen LogP contribution in [0.1, 0.15) is 48.9 Å². The Morgan fingerprint density at radius 2 is 1.82 bits per heavy atom. The third-order valence-corrected chi connectivity index (χ3v) is 2.79. The average molecular weight is 247 g/mol. The molecule has 104 valence electrons. The summed E-state index contributed by atoms with van der Waals surface area (Å²) in [5.74, 6) is 0.423. The number of amides is 1. The van der Waals surface area contributed by atoms with Gasteiger partial charge in [-0.2, -0.15) is 0 Å². The Kier molecular flexibility index (Phi) is 8.86. The zero-order chi connectivity index (χ0) is 13.3. The van der Waals surface area contributed by atoms with Crippen molar-refractivity contribution in [3.05, 3.63) is 0 Å². The maximum atomic E-state index is 11.5. The van der Waals surface area contributed by atoms with Gasteiger partial charge in [0.2, 0.25) is 0 Å². The zero-order valence-electron chi connectivity index (χ0n) is 11.8. The Hall–Kier alpha value is -0.770. The first-order chi connectivity index (χ1) is 8.09. The summed E-state index contributed by atoms with van der Waals surface area (Å²) in [4.78, 5) is 11.5. The van der Waals surface area contributed by atoms with Crippen LogP contribution in [0.3, 0.4) is 0 Å². The summed E-state index contributed by atoms with van der Waals surface area (Å²) in [5.41, 5.74) is 0. The van der Waals surface area contributed by atoms with E-state index in [0.29, 0.717) is 19.1 Å². The molecular formula is C13H29NO3. The van der Waals surface area contributed by atoms with Crippen molar-refractivity contribution >= 4 is 6.09 Å². The van der Waals surface area contributed by atoms with E-state index in [2.05, 4.69) is 19.2 Å². The third-order valence-electron chi connectivity index (χ3n) is 2.79. The van der Waals surface area contributed by atoms with Gasteiger partial charge in [0.15, 0.2) is 0 Å². The first-order valence-electron chi connectivity index (χ1n) is 6.64. The van der Waals surface area contributed by atoms with Gasteiger partial charge in [-0.1, -0.05) is 27.7 Å². The van der Waals surface area contributed by atoms with E-state index in [1.165, 1.54) is 0 Å². The number of hydrogen-bond donors (Lipinski definition) is 1. The summed E-state index contributed by atoms with van der Waals surface area (Å²) in [7, 11) is 0. The smallest absolute Gasteiger partial charge is 0.407 e. The highest BCUT2D eigenvalue weighted by Gasteiger charge is 2.19. The molecule has 17 heavy (non-hydrogen) atoms. The molecule has 1 aliphatic heterocycles. The summed E-state index contributed by atoms with van der Waals surface area (Å²) in [6, 6.07) is 0.150. The minimum absolute atomic E-state index is 0. The molecule has 1 atom stereocenters. The normalized spacial score (nSPS) is 18.0. The molecule has 1 amide bonds. The zero-order valence-corrected chi connectivity index (χ0v) is 11.8. The lowest BCUT2D eigenvalue weighted by atomic mass is 10.1. The molecule has 0 spiro atoms. The van der Waals surface area contributed by atoms with Crippen LogP contribution in [0.15, 0.2) is 0 Å². The van der Waals surface area contributed by atoms with Gasteiger partial charge in [-0.15, -0.1) is 0 Å². The molecule has 1 N–H and O–H groups in total. The van der Waals surface area contributed by atoms with E-state index >= 15 is 0 Å². The van der Waals surface area contributed by atoms with Crippen molar-refractivity contribution in [2.24, 2.45) is 5.92 Å². The van der Waals surface area contributed by atoms with Crippen LogP contribution in [0.4, 0.5) is 4.79 Å². The second-order valence-electron chi connectivity index (χ2n) is 4.39. The molecule has 4 nitrogen and oxygen atoms in total. The lowest BCUT2D eigenvalue weighted by Crippen LogP contribution is -2.39. The second-order valence-corrected chi connectivity index (χ2v) is 4.39. The van der Waals surface area contributed by atoms with Gasteiger partial charge >= 0.3 is 6.09 Å². The van der Waals surface area contributed by atoms with Crippen LogP contribution in [-0.4, -0.2) is 31.5 Å². The molecule has 1 aliphatic rings. The van der Waals surface area contributed by atoms with Gasteiger partial charge in [0, 0.05) is 20.3 Å². The predicted molar refractivity (Wildman–Crippen MR) is 71.2 cm³/mol. The fourth-order valence-corrected chi connectivity index (χ4v) is 1.33. The van der Waals surface area contributed by atoms with Gasteiger partial charge in [0.05, 0.1) is 13.2 Å². The molecule has 0 aliphatic carbocycles.